The lowest BCUT2D eigenvalue weighted by molar-refractivity contribution is 0.0982. The average Bonchev–Trinajstić information content (AvgIpc) is 3.73. The van der Waals surface area contributed by atoms with Gasteiger partial charge in [-0.1, -0.05) is 25.3 Å². The summed E-state index contributed by atoms with van der Waals surface area (Å²) in [5, 5.41) is 0. The van der Waals surface area contributed by atoms with Crippen LogP contribution in [0.2, 0.25) is 0 Å². The number of hydrogen-bond donors (Lipinski definition) is 2. The van der Waals surface area contributed by atoms with E-state index in [1.54, 1.807) is 29.2 Å². The molecule has 2 spiro atoms. The van der Waals surface area contributed by atoms with Crippen LogP contribution in [-0.4, -0.2) is 41.6 Å². The molecule has 2 N–H and O–H groups in total. The van der Waals surface area contributed by atoms with Crippen LogP contribution in [0.4, 0.5) is 11.4 Å². The monoisotopic (exact) mass is 529 g/mol. The zero-order chi connectivity index (χ0) is 25.3. The van der Waals surface area contributed by atoms with Gasteiger partial charge in [0, 0.05) is 34.9 Å². The molecule has 1 amide bonds. The summed E-state index contributed by atoms with van der Waals surface area (Å²) in [7, 11) is -7.13. The molecular formula is C26H31N3O5S2. The second-order valence-electron chi connectivity index (χ2n) is 11.1. The molecule has 1 heterocycles. The van der Waals surface area contributed by atoms with Gasteiger partial charge < -0.3 is 4.90 Å². The lowest BCUT2D eigenvalue weighted by Crippen LogP contribution is -2.38. The van der Waals surface area contributed by atoms with Crippen LogP contribution in [-0.2, 0) is 25.5 Å². The Kier molecular flexibility index (Phi) is 5.34. The van der Waals surface area contributed by atoms with Crippen LogP contribution in [0.15, 0.2) is 47.4 Å². The number of carbonyl (C=O) groups is 1. The van der Waals surface area contributed by atoms with Gasteiger partial charge >= 0.3 is 0 Å². The van der Waals surface area contributed by atoms with Crippen LogP contribution in [0.1, 0.15) is 67.3 Å². The summed E-state index contributed by atoms with van der Waals surface area (Å²) in [6, 6.07) is 11.6. The van der Waals surface area contributed by atoms with Crippen molar-refractivity contribution in [3.8, 4) is 0 Å². The van der Waals surface area contributed by atoms with E-state index in [1.807, 2.05) is 6.07 Å². The minimum Gasteiger partial charge on any atom is -0.307 e. The molecule has 2 aromatic rings. The number of carbonyl (C=O) groups excluding carboxylic acids is 1. The SMILES string of the molecule is CS(=O)(=O)Nc1ccc2c(c1)C1(CCCCC1)CN2C(=O)c1cccc(S(=O)(=O)NC2CC23CC3)c1. The number of hydrogen-bond acceptors (Lipinski definition) is 5. The van der Waals surface area contributed by atoms with Crippen molar-refractivity contribution in [1.29, 1.82) is 0 Å². The van der Waals surface area contributed by atoms with Crippen LogP contribution in [0.3, 0.4) is 0 Å². The second kappa shape index (κ2) is 8.03. The predicted molar refractivity (Wildman–Crippen MR) is 138 cm³/mol. The van der Waals surface area contributed by atoms with Gasteiger partial charge in [-0.05, 0) is 79.5 Å². The lowest BCUT2D eigenvalue weighted by atomic mass is 9.70. The molecule has 1 aliphatic heterocycles. The van der Waals surface area contributed by atoms with Crippen molar-refractivity contribution in [2.24, 2.45) is 5.41 Å². The normalized spacial score (nSPS) is 23.5. The number of benzene rings is 2. The Labute approximate surface area is 212 Å². The van der Waals surface area contributed by atoms with E-state index in [-0.39, 0.29) is 27.7 Å². The molecular weight excluding hydrogens is 498 g/mol. The molecule has 0 bridgehead atoms. The van der Waals surface area contributed by atoms with Gasteiger partial charge in [0.05, 0.1) is 11.2 Å². The van der Waals surface area contributed by atoms with E-state index in [0.29, 0.717) is 17.8 Å². The lowest BCUT2D eigenvalue weighted by Gasteiger charge is -2.34. The molecule has 8 nitrogen and oxygen atoms in total. The van der Waals surface area contributed by atoms with Gasteiger partial charge in [0.25, 0.3) is 5.91 Å². The van der Waals surface area contributed by atoms with Crippen LogP contribution in [0, 0.1) is 5.41 Å². The maximum atomic E-state index is 13.8. The minimum absolute atomic E-state index is 0.00761. The van der Waals surface area contributed by atoms with Crippen molar-refractivity contribution in [2.45, 2.75) is 67.7 Å². The third kappa shape index (κ3) is 4.22. The molecule has 1 atom stereocenters. The number of sulfonamides is 2. The first-order valence-electron chi connectivity index (χ1n) is 12.6. The Bertz CT molecular complexity index is 1460. The van der Waals surface area contributed by atoms with Crippen molar-refractivity contribution in [3.05, 3.63) is 53.6 Å². The highest BCUT2D eigenvalue weighted by Crippen LogP contribution is 2.66. The van der Waals surface area contributed by atoms with E-state index in [4.69, 9.17) is 0 Å². The number of amides is 1. The zero-order valence-corrected chi connectivity index (χ0v) is 21.9. The first kappa shape index (κ1) is 23.9. The highest BCUT2D eigenvalue weighted by molar-refractivity contribution is 7.92. The molecule has 3 saturated carbocycles. The van der Waals surface area contributed by atoms with E-state index in [2.05, 4.69) is 9.44 Å². The van der Waals surface area contributed by atoms with Crippen molar-refractivity contribution < 1.29 is 21.6 Å². The number of nitrogens with one attached hydrogen (secondary N) is 2. The minimum atomic E-state index is -3.70. The van der Waals surface area contributed by atoms with Crippen molar-refractivity contribution in [3.63, 3.8) is 0 Å². The van der Waals surface area contributed by atoms with Crippen LogP contribution < -0.4 is 14.3 Å². The van der Waals surface area contributed by atoms with Crippen molar-refractivity contribution in [2.75, 3.05) is 22.4 Å². The smallest absolute Gasteiger partial charge is 0.258 e. The summed E-state index contributed by atoms with van der Waals surface area (Å²) in [5.74, 6) is -0.246. The van der Waals surface area contributed by atoms with Crippen LogP contribution in [0.25, 0.3) is 0 Å². The first-order chi connectivity index (χ1) is 17.0. The highest BCUT2D eigenvalue weighted by atomic mass is 32.2. The Hall–Kier alpha value is -2.43. The summed E-state index contributed by atoms with van der Waals surface area (Å²) >= 11 is 0. The number of rotatable bonds is 6. The van der Waals surface area contributed by atoms with Gasteiger partial charge in [-0.2, -0.15) is 0 Å². The Morgan fingerprint density at radius 1 is 0.972 bits per heavy atom. The fourth-order valence-corrected chi connectivity index (χ4v) is 8.16. The van der Waals surface area contributed by atoms with Gasteiger partial charge in [0.2, 0.25) is 20.0 Å². The standard InChI is InChI=1S/C26H31N3O5S2/c1-35(31,32)27-19-8-9-22-21(15-19)26(10-3-2-4-11-26)17-29(22)24(30)18-6-5-7-20(14-18)36(33,34)28-23-16-25(23)12-13-25/h5-9,14-15,23,27-28H,2-4,10-13,16-17H2,1H3. The molecule has 0 saturated heterocycles. The summed E-state index contributed by atoms with van der Waals surface area (Å²) in [4.78, 5) is 15.6. The Morgan fingerprint density at radius 3 is 2.39 bits per heavy atom. The molecule has 0 aromatic heterocycles. The van der Waals surface area contributed by atoms with Crippen molar-refractivity contribution >= 4 is 37.3 Å². The molecule has 6 rings (SSSR count). The van der Waals surface area contributed by atoms with Crippen LogP contribution in [0.5, 0.6) is 0 Å². The fourth-order valence-electron chi connectivity index (χ4n) is 6.22. The van der Waals surface area contributed by atoms with E-state index in [0.717, 1.165) is 68.9 Å². The number of fused-ring (bicyclic) bond motifs is 2. The zero-order valence-electron chi connectivity index (χ0n) is 20.3. The molecule has 0 radical (unpaired) electrons. The number of anilines is 2. The Morgan fingerprint density at radius 2 is 1.72 bits per heavy atom. The van der Waals surface area contributed by atoms with Crippen molar-refractivity contribution in [1.82, 2.24) is 4.72 Å². The quantitative estimate of drug-likeness (QED) is 0.592. The fraction of sp³-hybridized carbons (Fsp3) is 0.500. The topological polar surface area (TPSA) is 113 Å². The maximum absolute atomic E-state index is 13.8. The Balaban J connectivity index is 1.31. The summed E-state index contributed by atoms with van der Waals surface area (Å²) < 4.78 is 55.0. The largest absolute Gasteiger partial charge is 0.307 e. The molecule has 2 aromatic carbocycles. The third-order valence-electron chi connectivity index (χ3n) is 8.45. The van der Waals surface area contributed by atoms with Gasteiger partial charge in [0.1, 0.15) is 0 Å². The van der Waals surface area contributed by atoms with Gasteiger partial charge in [-0.3, -0.25) is 9.52 Å². The molecule has 1 unspecified atom stereocenters. The molecule has 4 aliphatic rings. The van der Waals surface area contributed by atoms with Gasteiger partial charge in [0.15, 0.2) is 0 Å². The van der Waals surface area contributed by atoms with E-state index in [1.165, 1.54) is 12.1 Å². The predicted octanol–water partition coefficient (Wildman–Crippen LogP) is 3.75. The maximum Gasteiger partial charge on any atom is 0.258 e. The van der Waals surface area contributed by atoms with E-state index in [9.17, 15) is 21.6 Å². The summed E-state index contributed by atoms with van der Waals surface area (Å²) in [5.41, 5.74) is 2.53. The molecule has 10 heteroatoms. The summed E-state index contributed by atoms with van der Waals surface area (Å²) in [6.45, 7) is 0.503. The third-order valence-corrected chi connectivity index (χ3v) is 10.5. The highest BCUT2D eigenvalue weighted by Gasteiger charge is 2.63. The molecule has 3 aliphatic carbocycles. The second-order valence-corrected chi connectivity index (χ2v) is 14.6. The molecule has 192 valence electrons. The van der Waals surface area contributed by atoms with Gasteiger partial charge in [-0.25, -0.2) is 21.6 Å². The first-order valence-corrected chi connectivity index (χ1v) is 15.9. The van der Waals surface area contributed by atoms with E-state index >= 15 is 0 Å². The number of nitrogens with zero attached hydrogens (tertiary/aromatic N) is 1. The average molecular weight is 530 g/mol. The molecule has 36 heavy (non-hydrogen) atoms. The van der Waals surface area contributed by atoms with Crippen LogP contribution >= 0.6 is 0 Å². The van der Waals surface area contributed by atoms with Gasteiger partial charge in [-0.15, -0.1) is 0 Å². The summed E-state index contributed by atoms with van der Waals surface area (Å²) in [6.07, 6.45) is 9.26. The van der Waals surface area contributed by atoms with E-state index < -0.39 is 20.0 Å². The molecule has 3 fully saturated rings.